The maximum atomic E-state index is 12.2. The standard InChI is InChI=1S/C14H18BrF3N2O2/c1-3-20(7-6-14(16,17)18)13(21)19-9-10-8-11(15)4-5-12(10)22-2/h4-5,8H,3,6-7,9H2,1-2H3,(H,19,21). The van der Waals surface area contributed by atoms with Crippen molar-refractivity contribution < 1.29 is 22.7 Å². The molecule has 0 fully saturated rings. The molecule has 0 unspecified atom stereocenters. The summed E-state index contributed by atoms with van der Waals surface area (Å²) >= 11 is 3.32. The van der Waals surface area contributed by atoms with Gasteiger partial charge in [-0.3, -0.25) is 0 Å². The summed E-state index contributed by atoms with van der Waals surface area (Å²) in [5.74, 6) is 0.599. The average molecular weight is 383 g/mol. The summed E-state index contributed by atoms with van der Waals surface area (Å²) in [6.07, 6.45) is -5.30. The third-order valence-electron chi connectivity index (χ3n) is 3.01. The van der Waals surface area contributed by atoms with Gasteiger partial charge >= 0.3 is 12.2 Å². The zero-order valence-electron chi connectivity index (χ0n) is 12.3. The quantitative estimate of drug-likeness (QED) is 0.809. The fourth-order valence-corrected chi connectivity index (χ4v) is 2.24. The van der Waals surface area contributed by atoms with Crippen LogP contribution in [0.2, 0.25) is 0 Å². The SMILES string of the molecule is CCN(CCC(F)(F)F)C(=O)NCc1cc(Br)ccc1OC. The molecule has 1 rings (SSSR count). The van der Waals surface area contributed by atoms with Crippen molar-refractivity contribution in [2.24, 2.45) is 0 Å². The molecule has 0 radical (unpaired) electrons. The molecule has 8 heteroatoms. The van der Waals surface area contributed by atoms with Crippen LogP contribution >= 0.6 is 15.9 Å². The highest BCUT2D eigenvalue weighted by Gasteiger charge is 2.28. The molecule has 0 saturated heterocycles. The van der Waals surface area contributed by atoms with Crippen molar-refractivity contribution in [2.45, 2.75) is 26.1 Å². The second-order valence-corrected chi connectivity index (χ2v) is 5.48. The number of nitrogens with one attached hydrogen (secondary N) is 1. The minimum absolute atomic E-state index is 0.171. The van der Waals surface area contributed by atoms with E-state index in [-0.39, 0.29) is 19.6 Å². The van der Waals surface area contributed by atoms with Crippen LogP contribution in [0.15, 0.2) is 22.7 Å². The minimum atomic E-state index is -4.28. The molecule has 0 aliphatic carbocycles. The lowest BCUT2D eigenvalue weighted by Crippen LogP contribution is -2.41. The van der Waals surface area contributed by atoms with E-state index in [0.717, 1.165) is 14.9 Å². The van der Waals surface area contributed by atoms with Gasteiger partial charge in [0.25, 0.3) is 0 Å². The van der Waals surface area contributed by atoms with Gasteiger partial charge in [0.1, 0.15) is 5.75 Å². The number of halogens is 4. The second kappa shape index (κ2) is 8.26. The average Bonchev–Trinajstić information content (AvgIpc) is 2.44. The Hall–Kier alpha value is -1.44. The summed E-state index contributed by atoms with van der Waals surface area (Å²) in [7, 11) is 1.51. The Bertz CT molecular complexity index is 509. The molecule has 0 heterocycles. The van der Waals surface area contributed by atoms with E-state index in [2.05, 4.69) is 21.2 Å². The van der Waals surface area contributed by atoms with Crippen LogP contribution in [0.4, 0.5) is 18.0 Å². The van der Waals surface area contributed by atoms with Gasteiger partial charge in [-0.2, -0.15) is 13.2 Å². The van der Waals surface area contributed by atoms with Crippen molar-refractivity contribution in [3.05, 3.63) is 28.2 Å². The summed E-state index contributed by atoms with van der Waals surface area (Å²) in [6, 6.07) is 4.79. The number of amides is 2. The molecule has 0 spiro atoms. The number of nitrogens with zero attached hydrogens (tertiary/aromatic N) is 1. The first-order valence-corrected chi connectivity index (χ1v) is 7.48. The predicted octanol–water partition coefficient (Wildman–Crippen LogP) is 3.94. The van der Waals surface area contributed by atoms with Gasteiger partial charge in [0.2, 0.25) is 0 Å². The van der Waals surface area contributed by atoms with Crippen molar-refractivity contribution in [3.8, 4) is 5.75 Å². The van der Waals surface area contributed by atoms with Crippen LogP contribution in [-0.2, 0) is 6.54 Å². The van der Waals surface area contributed by atoms with Gasteiger partial charge in [0, 0.05) is 29.7 Å². The lowest BCUT2D eigenvalue weighted by atomic mass is 10.2. The Morgan fingerprint density at radius 1 is 1.41 bits per heavy atom. The van der Waals surface area contributed by atoms with E-state index in [1.165, 1.54) is 7.11 Å². The van der Waals surface area contributed by atoms with Gasteiger partial charge in [-0.15, -0.1) is 0 Å². The highest BCUT2D eigenvalue weighted by Crippen LogP contribution is 2.23. The number of ether oxygens (including phenoxy) is 1. The maximum absolute atomic E-state index is 12.2. The molecule has 0 atom stereocenters. The molecule has 22 heavy (non-hydrogen) atoms. The van der Waals surface area contributed by atoms with Crippen LogP contribution in [0, 0.1) is 0 Å². The summed E-state index contributed by atoms with van der Waals surface area (Å²) in [4.78, 5) is 13.1. The topological polar surface area (TPSA) is 41.6 Å². The number of carbonyl (C=O) groups is 1. The first kappa shape index (κ1) is 18.6. The Morgan fingerprint density at radius 2 is 2.09 bits per heavy atom. The van der Waals surface area contributed by atoms with Crippen molar-refractivity contribution in [2.75, 3.05) is 20.2 Å². The van der Waals surface area contributed by atoms with Gasteiger partial charge in [-0.05, 0) is 25.1 Å². The van der Waals surface area contributed by atoms with E-state index in [4.69, 9.17) is 4.74 Å². The van der Waals surface area contributed by atoms with Crippen molar-refractivity contribution in [1.29, 1.82) is 0 Å². The zero-order chi connectivity index (χ0) is 16.8. The highest BCUT2D eigenvalue weighted by atomic mass is 79.9. The molecule has 0 saturated carbocycles. The lowest BCUT2D eigenvalue weighted by molar-refractivity contribution is -0.136. The van der Waals surface area contributed by atoms with Gasteiger partial charge in [-0.1, -0.05) is 15.9 Å². The normalized spacial score (nSPS) is 11.2. The fraction of sp³-hybridized carbons (Fsp3) is 0.500. The smallest absolute Gasteiger partial charge is 0.390 e. The molecule has 0 aliphatic heterocycles. The molecular weight excluding hydrogens is 365 g/mol. The van der Waals surface area contributed by atoms with Crippen LogP contribution in [0.25, 0.3) is 0 Å². The number of urea groups is 1. The number of methoxy groups -OCH3 is 1. The number of carbonyl (C=O) groups excluding carboxylic acids is 1. The van der Waals surface area contributed by atoms with Gasteiger partial charge in [0.15, 0.2) is 0 Å². The third-order valence-corrected chi connectivity index (χ3v) is 3.50. The van der Waals surface area contributed by atoms with E-state index < -0.39 is 18.6 Å². The van der Waals surface area contributed by atoms with Crippen LogP contribution in [0.1, 0.15) is 18.9 Å². The lowest BCUT2D eigenvalue weighted by Gasteiger charge is -2.22. The molecule has 0 aliphatic rings. The Morgan fingerprint density at radius 3 is 2.64 bits per heavy atom. The monoisotopic (exact) mass is 382 g/mol. The fourth-order valence-electron chi connectivity index (χ4n) is 1.83. The molecule has 1 aromatic rings. The van der Waals surface area contributed by atoms with E-state index >= 15 is 0 Å². The molecule has 0 aromatic heterocycles. The zero-order valence-corrected chi connectivity index (χ0v) is 13.9. The third kappa shape index (κ3) is 6.13. The van der Waals surface area contributed by atoms with E-state index in [1.807, 2.05) is 0 Å². The number of hydrogen-bond donors (Lipinski definition) is 1. The number of benzene rings is 1. The molecule has 1 aromatic carbocycles. The van der Waals surface area contributed by atoms with E-state index in [1.54, 1.807) is 25.1 Å². The minimum Gasteiger partial charge on any atom is -0.496 e. The van der Waals surface area contributed by atoms with Gasteiger partial charge in [0.05, 0.1) is 13.5 Å². The largest absolute Gasteiger partial charge is 0.496 e. The first-order chi connectivity index (χ1) is 10.3. The summed E-state index contributed by atoms with van der Waals surface area (Å²) < 4.78 is 42.7. The summed E-state index contributed by atoms with van der Waals surface area (Å²) in [5, 5.41) is 2.61. The maximum Gasteiger partial charge on any atom is 0.390 e. The van der Waals surface area contributed by atoms with E-state index in [9.17, 15) is 18.0 Å². The number of alkyl halides is 3. The van der Waals surface area contributed by atoms with Crippen LogP contribution < -0.4 is 10.1 Å². The van der Waals surface area contributed by atoms with Crippen LogP contribution in [0.5, 0.6) is 5.75 Å². The number of hydrogen-bond acceptors (Lipinski definition) is 2. The molecule has 0 bridgehead atoms. The number of rotatable bonds is 6. The predicted molar refractivity (Wildman–Crippen MR) is 80.8 cm³/mol. The van der Waals surface area contributed by atoms with Gasteiger partial charge < -0.3 is 15.0 Å². The molecule has 4 nitrogen and oxygen atoms in total. The molecular formula is C14H18BrF3N2O2. The second-order valence-electron chi connectivity index (χ2n) is 4.56. The summed E-state index contributed by atoms with van der Waals surface area (Å²) in [6.45, 7) is 1.65. The summed E-state index contributed by atoms with van der Waals surface area (Å²) in [5.41, 5.74) is 0.733. The van der Waals surface area contributed by atoms with Crippen molar-refractivity contribution >= 4 is 22.0 Å². The first-order valence-electron chi connectivity index (χ1n) is 6.68. The van der Waals surface area contributed by atoms with Crippen molar-refractivity contribution in [3.63, 3.8) is 0 Å². The van der Waals surface area contributed by atoms with Crippen molar-refractivity contribution in [1.82, 2.24) is 10.2 Å². The van der Waals surface area contributed by atoms with E-state index in [0.29, 0.717) is 5.75 Å². The Kier molecular flexibility index (Phi) is 6.99. The Labute approximate surface area is 135 Å². The highest BCUT2D eigenvalue weighted by molar-refractivity contribution is 9.10. The molecule has 2 amide bonds. The molecule has 124 valence electrons. The van der Waals surface area contributed by atoms with Crippen LogP contribution in [0.3, 0.4) is 0 Å². The van der Waals surface area contributed by atoms with Gasteiger partial charge in [-0.25, -0.2) is 4.79 Å². The Balaban J connectivity index is 2.62. The molecule has 1 N–H and O–H groups in total. The van der Waals surface area contributed by atoms with Crippen LogP contribution in [-0.4, -0.2) is 37.3 Å².